The highest BCUT2D eigenvalue weighted by molar-refractivity contribution is 5.34. The summed E-state index contributed by atoms with van der Waals surface area (Å²) in [5, 5.41) is 3.77. The van der Waals surface area contributed by atoms with E-state index in [1.165, 1.54) is 24.0 Å². The van der Waals surface area contributed by atoms with Crippen LogP contribution in [0.2, 0.25) is 0 Å². The van der Waals surface area contributed by atoms with Gasteiger partial charge in [0.05, 0.1) is 6.04 Å². The Morgan fingerprint density at radius 2 is 2.15 bits per heavy atom. The normalized spacial score (nSPS) is 22.2. The molecule has 2 N–H and O–H groups in total. The van der Waals surface area contributed by atoms with Crippen molar-refractivity contribution in [2.45, 2.75) is 45.7 Å². The minimum absolute atomic E-state index is 0.223. The second kappa shape index (κ2) is 5.06. The Kier molecular flexibility index (Phi) is 3.38. The number of nitrogens with one attached hydrogen (secondary N) is 2. The van der Waals surface area contributed by atoms with Crippen LogP contribution in [-0.4, -0.2) is 9.97 Å². The molecule has 0 radical (unpaired) electrons. The van der Waals surface area contributed by atoms with Crippen LogP contribution in [-0.2, 0) is 6.42 Å². The monoisotopic (exact) mass is 269 g/mol. The molecule has 2 aromatic rings. The summed E-state index contributed by atoms with van der Waals surface area (Å²) in [4.78, 5) is 7.57. The summed E-state index contributed by atoms with van der Waals surface area (Å²) in [5.41, 5.74) is 3.19. The minimum atomic E-state index is 0.223. The van der Waals surface area contributed by atoms with Crippen LogP contribution >= 0.6 is 0 Å². The molecule has 0 bridgehead atoms. The van der Waals surface area contributed by atoms with Crippen LogP contribution in [0.25, 0.3) is 0 Å². The Labute approximate surface area is 120 Å². The summed E-state index contributed by atoms with van der Waals surface area (Å²) in [7, 11) is 0. The van der Waals surface area contributed by atoms with Crippen molar-refractivity contribution in [1.29, 1.82) is 0 Å². The van der Waals surface area contributed by atoms with Gasteiger partial charge in [0, 0.05) is 18.4 Å². The molecule has 3 rings (SSSR count). The number of benzene rings is 1. The van der Waals surface area contributed by atoms with Crippen molar-refractivity contribution in [2.24, 2.45) is 5.41 Å². The number of rotatable bonds is 3. The Morgan fingerprint density at radius 1 is 1.35 bits per heavy atom. The quantitative estimate of drug-likeness (QED) is 0.890. The van der Waals surface area contributed by atoms with E-state index >= 15 is 0 Å². The topological polar surface area (TPSA) is 40.7 Å². The van der Waals surface area contributed by atoms with Crippen molar-refractivity contribution in [2.75, 3.05) is 0 Å². The highest BCUT2D eigenvalue weighted by Crippen LogP contribution is 2.44. The molecule has 0 saturated carbocycles. The molecule has 2 atom stereocenters. The second-order valence-electron chi connectivity index (χ2n) is 6.48. The van der Waals surface area contributed by atoms with Crippen LogP contribution in [0.1, 0.15) is 56.2 Å². The number of aromatic amines is 1. The maximum atomic E-state index is 4.37. The van der Waals surface area contributed by atoms with Crippen molar-refractivity contribution in [1.82, 2.24) is 15.3 Å². The van der Waals surface area contributed by atoms with Gasteiger partial charge in [0.15, 0.2) is 0 Å². The Morgan fingerprint density at radius 3 is 2.90 bits per heavy atom. The van der Waals surface area contributed by atoms with Gasteiger partial charge in [-0.2, -0.15) is 0 Å². The number of aryl methyl sites for hydroxylation is 1. The fraction of sp³-hybridized carbons (Fsp3) is 0.471. The van der Waals surface area contributed by atoms with Gasteiger partial charge in [-0.3, -0.25) is 0 Å². The van der Waals surface area contributed by atoms with Gasteiger partial charge in [-0.1, -0.05) is 38.1 Å². The first-order valence-corrected chi connectivity index (χ1v) is 7.41. The molecular weight excluding hydrogens is 246 g/mol. The second-order valence-corrected chi connectivity index (χ2v) is 6.48. The Bertz CT molecular complexity index is 572. The Balaban J connectivity index is 1.90. The third kappa shape index (κ3) is 2.38. The zero-order chi connectivity index (χ0) is 14.2. The van der Waals surface area contributed by atoms with E-state index in [2.05, 4.69) is 60.3 Å². The van der Waals surface area contributed by atoms with Gasteiger partial charge < -0.3 is 10.3 Å². The van der Waals surface area contributed by atoms with Crippen molar-refractivity contribution < 1.29 is 0 Å². The van der Waals surface area contributed by atoms with Crippen molar-refractivity contribution >= 4 is 0 Å². The molecule has 0 spiro atoms. The maximum absolute atomic E-state index is 4.37. The number of hydrogen-bond donors (Lipinski definition) is 2. The molecule has 1 aliphatic rings. The summed E-state index contributed by atoms with van der Waals surface area (Å²) in [6.45, 7) is 6.89. The zero-order valence-electron chi connectivity index (χ0n) is 12.5. The van der Waals surface area contributed by atoms with Crippen molar-refractivity contribution in [3.8, 4) is 0 Å². The average Bonchev–Trinajstić information content (AvgIpc) is 2.96. The molecule has 1 aliphatic carbocycles. The number of imidazole rings is 1. The lowest BCUT2D eigenvalue weighted by Crippen LogP contribution is -2.39. The van der Waals surface area contributed by atoms with Gasteiger partial charge in [0.2, 0.25) is 0 Å². The molecule has 2 unspecified atom stereocenters. The minimum Gasteiger partial charge on any atom is -0.347 e. The van der Waals surface area contributed by atoms with Gasteiger partial charge in [0.25, 0.3) is 0 Å². The number of H-pyrrole nitrogens is 1. The first-order valence-electron chi connectivity index (χ1n) is 7.41. The van der Waals surface area contributed by atoms with E-state index in [0.29, 0.717) is 6.04 Å². The number of hydrogen-bond acceptors (Lipinski definition) is 2. The molecular formula is C17H23N3. The molecule has 1 aromatic carbocycles. The molecule has 1 heterocycles. The third-order valence-corrected chi connectivity index (χ3v) is 4.53. The van der Waals surface area contributed by atoms with Crippen LogP contribution in [0.4, 0.5) is 0 Å². The molecule has 106 valence electrons. The van der Waals surface area contributed by atoms with E-state index in [-0.39, 0.29) is 11.5 Å². The first kappa shape index (κ1) is 13.4. The highest BCUT2D eigenvalue weighted by atomic mass is 15.0. The molecule has 0 aliphatic heterocycles. The molecule has 0 saturated heterocycles. The van der Waals surface area contributed by atoms with Gasteiger partial charge in [-0.05, 0) is 36.3 Å². The lowest BCUT2D eigenvalue weighted by Gasteiger charge is -2.41. The van der Waals surface area contributed by atoms with Crippen LogP contribution in [0.3, 0.4) is 0 Å². The van der Waals surface area contributed by atoms with Crippen LogP contribution < -0.4 is 5.32 Å². The van der Waals surface area contributed by atoms with E-state index in [1.807, 2.05) is 12.4 Å². The SMILES string of the molecule is CC(NC1c2ccccc2CCC1(C)C)c1ncc[nH]1. The largest absolute Gasteiger partial charge is 0.347 e. The van der Waals surface area contributed by atoms with E-state index < -0.39 is 0 Å². The summed E-state index contributed by atoms with van der Waals surface area (Å²) < 4.78 is 0. The summed E-state index contributed by atoms with van der Waals surface area (Å²) in [6, 6.07) is 9.41. The predicted molar refractivity (Wildman–Crippen MR) is 81.4 cm³/mol. The highest BCUT2D eigenvalue weighted by Gasteiger charge is 2.36. The van der Waals surface area contributed by atoms with E-state index in [9.17, 15) is 0 Å². The zero-order valence-corrected chi connectivity index (χ0v) is 12.5. The van der Waals surface area contributed by atoms with Gasteiger partial charge in [-0.25, -0.2) is 4.98 Å². The van der Waals surface area contributed by atoms with Crippen LogP contribution in [0, 0.1) is 5.41 Å². The van der Waals surface area contributed by atoms with Crippen LogP contribution in [0.5, 0.6) is 0 Å². The third-order valence-electron chi connectivity index (χ3n) is 4.53. The molecule has 0 amide bonds. The standard InChI is InChI=1S/C17H23N3/c1-12(16-18-10-11-19-16)20-15-14-7-5-4-6-13(14)8-9-17(15,2)3/h4-7,10-12,15,20H,8-9H2,1-3H3,(H,18,19). The molecule has 20 heavy (non-hydrogen) atoms. The van der Waals surface area contributed by atoms with Gasteiger partial charge in [-0.15, -0.1) is 0 Å². The summed E-state index contributed by atoms with van der Waals surface area (Å²) in [6.07, 6.45) is 6.09. The number of aromatic nitrogens is 2. The fourth-order valence-electron chi connectivity index (χ4n) is 3.22. The van der Waals surface area contributed by atoms with E-state index in [1.54, 1.807) is 0 Å². The first-order chi connectivity index (χ1) is 9.58. The molecule has 0 fully saturated rings. The van der Waals surface area contributed by atoms with E-state index in [0.717, 1.165) is 5.82 Å². The predicted octanol–water partition coefficient (Wildman–Crippen LogP) is 3.77. The summed E-state index contributed by atoms with van der Waals surface area (Å²) >= 11 is 0. The number of nitrogens with zero attached hydrogens (tertiary/aromatic N) is 1. The lowest BCUT2D eigenvalue weighted by atomic mass is 9.70. The van der Waals surface area contributed by atoms with Crippen molar-refractivity contribution in [3.63, 3.8) is 0 Å². The molecule has 3 heteroatoms. The maximum Gasteiger partial charge on any atom is 0.122 e. The smallest absolute Gasteiger partial charge is 0.122 e. The molecule has 1 aromatic heterocycles. The molecule has 3 nitrogen and oxygen atoms in total. The van der Waals surface area contributed by atoms with Gasteiger partial charge >= 0.3 is 0 Å². The lowest BCUT2D eigenvalue weighted by molar-refractivity contribution is 0.195. The van der Waals surface area contributed by atoms with Crippen LogP contribution in [0.15, 0.2) is 36.7 Å². The van der Waals surface area contributed by atoms with E-state index in [4.69, 9.17) is 0 Å². The fourth-order valence-corrected chi connectivity index (χ4v) is 3.22. The van der Waals surface area contributed by atoms with Crippen molar-refractivity contribution in [3.05, 3.63) is 53.6 Å². The number of fused-ring (bicyclic) bond motifs is 1. The van der Waals surface area contributed by atoms with Gasteiger partial charge in [0.1, 0.15) is 5.82 Å². The Hall–Kier alpha value is -1.61. The average molecular weight is 269 g/mol. The summed E-state index contributed by atoms with van der Waals surface area (Å²) in [5.74, 6) is 1.00.